The molecule has 24 heavy (non-hydrogen) atoms. The lowest BCUT2D eigenvalue weighted by atomic mass is 10.1. The zero-order valence-corrected chi connectivity index (χ0v) is 15.0. The van der Waals surface area contributed by atoms with E-state index in [4.69, 9.17) is 9.52 Å². The van der Waals surface area contributed by atoms with E-state index < -0.39 is 21.9 Å². The molecule has 0 unspecified atom stereocenters. The van der Waals surface area contributed by atoms with E-state index in [9.17, 15) is 18.0 Å². The molecule has 1 aromatic heterocycles. The molecule has 0 aliphatic rings. The first-order valence-corrected chi connectivity index (χ1v) is 9.13. The highest BCUT2D eigenvalue weighted by Gasteiger charge is 2.25. The molecule has 0 fully saturated rings. The quantitative estimate of drug-likeness (QED) is 0.612. The Morgan fingerprint density at radius 3 is 2.42 bits per heavy atom. The van der Waals surface area contributed by atoms with Crippen molar-refractivity contribution in [1.29, 1.82) is 0 Å². The third-order valence-corrected chi connectivity index (χ3v) is 5.38. The molecule has 1 amide bonds. The molecule has 0 aliphatic carbocycles. The van der Waals surface area contributed by atoms with Crippen LogP contribution in [0.25, 0.3) is 0 Å². The molecule has 1 aromatic rings. The zero-order chi connectivity index (χ0) is 18.3. The van der Waals surface area contributed by atoms with Crippen LogP contribution in [0, 0.1) is 6.92 Å². The third kappa shape index (κ3) is 5.64. The smallest absolute Gasteiger partial charge is 0.303 e. The number of nitrogens with one attached hydrogen (secondary N) is 1. The molecule has 136 valence electrons. The Labute approximate surface area is 141 Å². The van der Waals surface area contributed by atoms with Crippen molar-refractivity contribution in [3.8, 4) is 0 Å². The van der Waals surface area contributed by atoms with E-state index >= 15 is 0 Å². The number of hydrogen-bond acceptors (Lipinski definition) is 5. The summed E-state index contributed by atoms with van der Waals surface area (Å²) in [6.45, 7) is 1.91. The summed E-state index contributed by atoms with van der Waals surface area (Å²) in [5.41, 5.74) is 0. The molecule has 9 heteroatoms. The minimum Gasteiger partial charge on any atom is -0.481 e. The second-order valence-electron chi connectivity index (χ2n) is 5.63. The van der Waals surface area contributed by atoms with Gasteiger partial charge in [-0.3, -0.25) is 9.59 Å². The zero-order valence-electron chi connectivity index (χ0n) is 14.2. The Morgan fingerprint density at radius 1 is 1.21 bits per heavy atom. The number of aliphatic carboxylic acids is 1. The van der Waals surface area contributed by atoms with Crippen molar-refractivity contribution in [1.82, 2.24) is 9.62 Å². The van der Waals surface area contributed by atoms with Crippen molar-refractivity contribution in [2.75, 3.05) is 20.6 Å². The van der Waals surface area contributed by atoms with Crippen LogP contribution in [0.5, 0.6) is 0 Å². The Balaban J connectivity index is 2.48. The number of amides is 1. The number of furan rings is 1. The van der Waals surface area contributed by atoms with Crippen LogP contribution in [-0.4, -0.2) is 50.3 Å². The summed E-state index contributed by atoms with van der Waals surface area (Å²) in [5.74, 6) is -1.15. The highest BCUT2D eigenvalue weighted by molar-refractivity contribution is 7.89. The van der Waals surface area contributed by atoms with Crippen LogP contribution >= 0.6 is 0 Å². The fourth-order valence-electron chi connectivity index (χ4n) is 2.07. The van der Waals surface area contributed by atoms with Gasteiger partial charge in [0.25, 0.3) is 5.91 Å². The molecule has 0 spiro atoms. The van der Waals surface area contributed by atoms with Crippen molar-refractivity contribution in [2.45, 2.75) is 43.9 Å². The number of nitrogens with zero attached hydrogens (tertiary/aromatic N) is 1. The minimum absolute atomic E-state index is 0.0219. The molecule has 0 saturated heterocycles. The van der Waals surface area contributed by atoms with Crippen LogP contribution in [-0.2, 0) is 14.8 Å². The van der Waals surface area contributed by atoms with E-state index in [0.29, 0.717) is 19.4 Å². The van der Waals surface area contributed by atoms with Crippen LogP contribution in [0.4, 0.5) is 0 Å². The average Bonchev–Trinajstić information content (AvgIpc) is 2.88. The summed E-state index contributed by atoms with van der Waals surface area (Å²) in [4.78, 5) is 22.3. The van der Waals surface area contributed by atoms with E-state index in [-0.39, 0.29) is 22.8 Å². The van der Waals surface area contributed by atoms with Crippen molar-refractivity contribution < 1.29 is 27.5 Å². The summed E-state index contributed by atoms with van der Waals surface area (Å²) in [6, 6.07) is 1.23. The van der Waals surface area contributed by atoms with E-state index in [1.807, 2.05) is 0 Å². The first-order chi connectivity index (χ1) is 11.2. The van der Waals surface area contributed by atoms with E-state index in [1.165, 1.54) is 27.1 Å². The fourth-order valence-corrected chi connectivity index (χ4v) is 3.13. The SMILES string of the molecule is Cc1oc(C(=O)NCCCCCCC(=O)O)cc1S(=O)(=O)N(C)C. The summed E-state index contributed by atoms with van der Waals surface area (Å²) < 4.78 is 30.5. The van der Waals surface area contributed by atoms with E-state index in [0.717, 1.165) is 17.1 Å². The van der Waals surface area contributed by atoms with E-state index in [1.54, 1.807) is 0 Å². The molecule has 1 rings (SSSR count). The Bertz CT molecular complexity index is 678. The maximum atomic E-state index is 12.1. The second kappa shape index (κ2) is 8.84. The van der Waals surface area contributed by atoms with Gasteiger partial charge in [0.15, 0.2) is 5.76 Å². The number of carbonyl (C=O) groups is 2. The van der Waals surface area contributed by atoms with Gasteiger partial charge in [0.2, 0.25) is 10.0 Å². The molecule has 2 N–H and O–H groups in total. The van der Waals surface area contributed by atoms with Crippen molar-refractivity contribution in [3.05, 3.63) is 17.6 Å². The number of hydrogen-bond donors (Lipinski definition) is 2. The van der Waals surface area contributed by atoms with Gasteiger partial charge in [0, 0.05) is 33.1 Å². The highest BCUT2D eigenvalue weighted by atomic mass is 32.2. The average molecular weight is 360 g/mol. The topological polar surface area (TPSA) is 117 Å². The minimum atomic E-state index is -3.65. The summed E-state index contributed by atoms with van der Waals surface area (Å²) in [7, 11) is -0.834. The lowest BCUT2D eigenvalue weighted by molar-refractivity contribution is -0.137. The van der Waals surface area contributed by atoms with Gasteiger partial charge in [-0.05, 0) is 19.8 Å². The van der Waals surface area contributed by atoms with E-state index in [2.05, 4.69) is 5.32 Å². The van der Waals surface area contributed by atoms with Crippen LogP contribution in [0.15, 0.2) is 15.4 Å². The summed E-state index contributed by atoms with van der Waals surface area (Å²) in [5, 5.41) is 11.2. The molecule has 0 radical (unpaired) electrons. The molecular formula is C15H24N2O6S. The van der Waals surface area contributed by atoms with Gasteiger partial charge in [0.1, 0.15) is 10.7 Å². The number of sulfonamides is 1. The Hall–Kier alpha value is -1.87. The summed E-state index contributed by atoms with van der Waals surface area (Å²) in [6.07, 6.45) is 3.08. The lowest BCUT2D eigenvalue weighted by Crippen LogP contribution is -2.24. The normalized spacial score (nSPS) is 11.7. The number of rotatable bonds is 10. The standard InChI is InChI=1S/C15H24N2O6S/c1-11-13(24(21,22)17(2)3)10-12(23-11)15(20)16-9-7-5-4-6-8-14(18)19/h10H,4-9H2,1-3H3,(H,16,20)(H,18,19). The summed E-state index contributed by atoms with van der Waals surface area (Å²) >= 11 is 0. The van der Waals surface area contributed by atoms with Gasteiger partial charge in [-0.2, -0.15) is 0 Å². The Morgan fingerprint density at radius 2 is 1.83 bits per heavy atom. The van der Waals surface area contributed by atoms with Gasteiger partial charge >= 0.3 is 5.97 Å². The number of carbonyl (C=O) groups excluding carboxylic acids is 1. The Kier molecular flexibility index (Phi) is 7.43. The first-order valence-electron chi connectivity index (χ1n) is 7.69. The van der Waals surface area contributed by atoms with Gasteiger partial charge in [-0.15, -0.1) is 0 Å². The highest BCUT2D eigenvalue weighted by Crippen LogP contribution is 2.22. The van der Waals surface area contributed by atoms with Gasteiger partial charge in [0.05, 0.1) is 0 Å². The third-order valence-electron chi connectivity index (χ3n) is 3.46. The molecule has 0 bridgehead atoms. The molecular weight excluding hydrogens is 336 g/mol. The van der Waals surface area contributed by atoms with Gasteiger partial charge < -0.3 is 14.8 Å². The lowest BCUT2D eigenvalue weighted by Gasteiger charge is -2.09. The second-order valence-corrected chi connectivity index (χ2v) is 7.75. The van der Waals surface area contributed by atoms with Crippen molar-refractivity contribution in [3.63, 3.8) is 0 Å². The molecule has 0 aromatic carbocycles. The fraction of sp³-hybridized carbons (Fsp3) is 0.600. The number of aryl methyl sites for hydroxylation is 1. The van der Waals surface area contributed by atoms with Gasteiger partial charge in [-0.1, -0.05) is 12.8 Å². The maximum Gasteiger partial charge on any atom is 0.303 e. The largest absolute Gasteiger partial charge is 0.481 e. The maximum absolute atomic E-state index is 12.1. The van der Waals surface area contributed by atoms with Crippen LogP contribution in [0.1, 0.15) is 48.4 Å². The first kappa shape index (κ1) is 20.2. The van der Waals surface area contributed by atoms with Crippen LogP contribution in [0.2, 0.25) is 0 Å². The van der Waals surface area contributed by atoms with Crippen molar-refractivity contribution in [2.24, 2.45) is 0 Å². The number of carboxylic acids is 1. The molecule has 1 heterocycles. The molecule has 0 saturated carbocycles. The predicted molar refractivity (Wildman–Crippen MR) is 87.4 cm³/mol. The number of carboxylic acid groups (broad SMARTS) is 1. The van der Waals surface area contributed by atoms with Gasteiger partial charge in [-0.25, -0.2) is 12.7 Å². The van der Waals surface area contributed by atoms with Crippen LogP contribution in [0.3, 0.4) is 0 Å². The van der Waals surface area contributed by atoms with Crippen molar-refractivity contribution >= 4 is 21.9 Å². The predicted octanol–water partition coefficient (Wildman–Crippen LogP) is 1.60. The monoisotopic (exact) mass is 360 g/mol. The van der Waals surface area contributed by atoms with Crippen LogP contribution < -0.4 is 5.32 Å². The molecule has 8 nitrogen and oxygen atoms in total. The molecule has 0 aliphatic heterocycles. The number of unbranched alkanes of at least 4 members (excludes halogenated alkanes) is 3. The molecule has 0 atom stereocenters.